The Bertz CT molecular complexity index is 1070. The molecular weight excluding hydrogens is 416 g/mol. The van der Waals surface area contributed by atoms with Crippen LogP contribution >= 0.6 is 11.6 Å². The first kappa shape index (κ1) is 22.1. The largest absolute Gasteiger partial charge is 0.465 e. The SMILES string of the molecule is COC(=O)c1ccc(Cl)c(NC(=O)CC(NC(=O)c2ccccc2)c2ccccc2)c1. The number of amides is 2. The van der Waals surface area contributed by atoms with E-state index in [-0.39, 0.29) is 34.5 Å². The van der Waals surface area contributed by atoms with E-state index >= 15 is 0 Å². The highest BCUT2D eigenvalue weighted by Gasteiger charge is 2.20. The second-order valence-corrected chi connectivity index (χ2v) is 7.15. The molecule has 0 aliphatic rings. The van der Waals surface area contributed by atoms with Crippen molar-refractivity contribution in [2.45, 2.75) is 12.5 Å². The van der Waals surface area contributed by atoms with Gasteiger partial charge in [-0.2, -0.15) is 0 Å². The van der Waals surface area contributed by atoms with Crippen molar-refractivity contribution in [1.82, 2.24) is 5.32 Å². The van der Waals surface area contributed by atoms with Gasteiger partial charge in [-0.15, -0.1) is 0 Å². The molecule has 0 heterocycles. The third kappa shape index (κ3) is 5.93. The summed E-state index contributed by atoms with van der Waals surface area (Å²) in [5.74, 6) is -1.19. The first-order valence-electron chi connectivity index (χ1n) is 9.56. The first-order valence-corrected chi connectivity index (χ1v) is 9.94. The van der Waals surface area contributed by atoms with Crippen LogP contribution in [-0.2, 0) is 9.53 Å². The molecule has 3 aromatic rings. The van der Waals surface area contributed by atoms with E-state index in [1.807, 2.05) is 36.4 Å². The Hall–Kier alpha value is -3.64. The van der Waals surface area contributed by atoms with E-state index in [4.69, 9.17) is 16.3 Å². The Labute approximate surface area is 185 Å². The third-order valence-electron chi connectivity index (χ3n) is 4.59. The van der Waals surface area contributed by atoms with Gasteiger partial charge in [-0.25, -0.2) is 4.79 Å². The van der Waals surface area contributed by atoms with Crippen LogP contribution in [0.5, 0.6) is 0 Å². The van der Waals surface area contributed by atoms with Crippen molar-refractivity contribution < 1.29 is 19.1 Å². The first-order chi connectivity index (χ1) is 15.0. The Morgan fingerprint density at radius 1 is 0.903 bits per heavy atom. The van der Waals surface area contributed by atoms with Crippen LogP contribution < -0.4 is 10.6 Å². The molecule has 0 spiro atoms. The van der Waals surface area contributed by atoms with Gasteiger partial charge in [0.1, 0.15) is 0 Å². The molecule has 0 radical (unpaired) electrons. The summed E-state index contributed by atoms with van der Waals surface area (Å²) in [4.78, 5) is 37.2. The molecule has 2 amide bonds. The van der Waals surface area contributed by atoms with Gasteiger partial charge < -0.3 is 15.4 Å². The van der Waals surface area contributed by atoms with Crippen molar-refractivity contribution >= 4 is 35.1 Å². The number of carbonyl (C=O) groups excluding carboxylic acids is 3. The second-order valence-electron chi connectivity index (χ2n) is 6.74. The number of hydrogen-bond donors (Lipinski definition) is 2. The summed E-state index contributed by atoms with van der Waals surface area (Å²) < 4.78 is 4.70. The number of rotatable bonds is 7. The molecule has 2 N–H and O–H groups in total. The van der Waals surface area contributed by atoms with Gasteiger partial charge >= 0.3 is 5.97 Å². The topological polar surface area (TPSA) is 84.5 Å². The van der Waals surface area contributed by atoms with Gasteiger partial charge in [-0.05, 0) is 35.9 Å². The molecule has 1 atom stereocenters. The van der Waals surface area contributed by atoms with E-state index in [9.17, 15) is 14.4 Å². The lowest BCUT2D eigenvalue weighted by Gasteiger charge is -2.19. The lowest BCUT2D eigenvalue weighted by molar-refractivity contribution is -0.116. The minimum absolute atomic E-state index is 0.0264. The number of esters is 1. The molecule has 0 saturated heterocycles. The van der Waals surface area contributed by atoms with Crippen LogP contribution in [0.1, 0.15) is 38.7 Å². The molecule has 1 unspecified atom stereocenters. The number of hydrogen-bond acceptors (Lipinski definition) is 4. The van der Waals surface area contributed by atoms with E-state index in [1.54, 1.807) is 24.3 Å². The second kappa shape index (κ2) is 10.4. The molecule has 0 aromatic heterocycles. The molecule has 7 heteroatoms. The average molecular weight is 437 g/mol. The zero-order valence-electron chi connectivity index (χ0n) is 16.8. The van der Waals surface area contributed by atoms with Gasteiger partial charge in [0, 0.05) is 5.56 Å². The van der Waals surface area contributed by atoms with Crippen LogP contribution in [0, 0.1) is 0 Å². The maximum absolute atomic E-state index is 12.8. The molecule has 3 rings (SSSR count). The van der Waals surface area contributed by atoms with E-state index in [2.05, 4.69) is 10.6 Å². The highest BCUT2D eigenvalue weighted by atomic mass is 35.5. The fourth-order valence-corrected chi connectivity index (χ4v) is 3.19. The molecule has 0 bridgehead atoms. The number of benzene rings is 3. The van der Waals surface area contributed by atoms with Crippen LogP contribution in [0.2, 0.25) is 5.02 Å². The van der Waals surface area contributed by atoms with Crippen molar-refractivity contribution in [1.29, 1.82) is 0 Å². The summed E-state index contributed by atoms with van der Waals surface area (Å²) in [6, 6.07) is 21.9. The number of anilines is 1. The Morgan fingerprint density at radius 2 is 1.55 bits per heavy atom. The van der Waals surface area contributed by atoms with Gasteiger partial charge in [-0.3, -0.25) is 9.59 Å². The lowest BCUT2D eigenvalue weighted by Crippen LogP contribution is -2.31. The minimum atomic E-state index is -0.559. The lowest BCUT2D eigenvalue weighted by atomic mass is 10.0. The summed E-state index contributed by atoms with van der Waals surface area (Å²) in [5, 5.41) is 5.91. The fraction of sp³-hybridized carbons (Fsp3) is 0.125. The van der Waals surface area contributed by atoms with Gasteiger partial charge in [0.2, 0.25) is 5.91 Å². The summed E-state index contributed by atoms with van der Waals surface area (Å²) in [7, 11) is 1.27. The Balaban J connectivity index is 1.77. The molecule has 0 aliphatic carbocycles. The number of methoxy groups -OCH3 is 1. The standard InChI is InChI=1S/C24H21ClN2O4/c1-31-24(30)18-12-13-19(25)21(14-18)26-22(28)15-20(16-8-4-2-5-9-16)27-23(29)17-10-6-3-7-11-17/h2-14,20H,15H2,1H3,(H,26,28)(H,27,29). The molecule has 31 heavy (non-hydrogen) atoms. The van der Waals surface area contributed by atoms with Crippen molar-refractivity contribution in [3.63, 3.8) is 0 Å². The zero-order chi connectivity index (χ0) is 22.2. The van der Waals surface area contributed by atoms with Gasteiger partial charge in [0.25, 0.3) is 5.91 Å². The van der Waals surface area contributed by atoms with Crippen molar-refractivity contribution in [3.05, 3.63) is 101 Å². The summed E-state index contributed by atoms with van der Waals surface area (Å²) in [6.45, 7) is 0. The predicted octanol–water partition coefficient (Wildman–Crippen LogP) is 4.63. The van der Waals surface area contributed by atoms with Crippen LogP contribution in [0.15, 0.2) is 78.9 Å². The number of nitrogens with one attached hydrogen (secondary N) is 2. The third-order valence-corrected chi connectivity index (χ3v) is 4.92. The minimum Gasteiger partial charge on any atom is -0.465 e. The van der Waals surface area contributed by atoms with Gasteiger partial charge in [-0.1, -0.05) is 60.1 Å². The normalized spacial score (nSPS) is 11.3. The van der Waals surface area contributed by atoms with E-state index in [0.29, 0.717) is 5.56 Å². The van der Waals surface area contributed by atoms with E-state index in [0.717, 1.165) is 5.56 Å². The molecule has 0 aliphatic heterocycles. The maximum atomic E-state index is 12.8. The highest BCUT2D eigenvalue weighted by Crippen LogP contribution is 2.25. The molecular formula is C24H21ClN2O4. The number of ether oxygens (including phenoxy) is 1. The number of carbonyl (C=O) groups is 3. The van der Waals surface area contributed by atoms with Crippen LogP contribution in [0.4, 0.5) is 5.69 Å². The summed E-state index contributed by atoms with van der Waals surface area (Å²) in [5.41, 5.74) is 1.84. The van der Waals surface area contributed by atoms with Crippen LogP contribution in [0.3, 0.4) is 0 Å². The number of halogens is 1. The van der Waals surface area contributed by atoms with Crippen molar-refractivity contribution in [3.8, 4) is 0 Å². The summed E-state index contributed by atoms with van der Waals surface area (Å²) in [6.07, 6.45) is -0.0264. The van der Waals surface area contributed by atoms with Crippen molar-refractivity contribution in [2.24, 2.45) is 0 Å². The van der Waals surface area contributed by atoms with Crippen LogP contribution in [-0.4, -0.2) is 24.9 Å². The molecule has 3 aromatic carbocycles. The van der Waals surface area contributed by atoms with Gasteiger partial charge in [0.15, 0.2) is 0 Å². The van der Waals surface area contributed by atoms with Crippen LogP contribution in [0.25, 0.3) is 0 Å². The fourth-order valence-electron chi connectivity index (χ4n) is 3.02. The Kier molecular flexibility index (Phi) is 7.40. The molecule has 158 valence electrons. The predicted molar refractivity (Wildman–Crippen MR) is 119 cm³/mol. The average Bonchev–Trinajstić information content (AvgIpc) is 2.80. The molecule has 0 fully saturated rings. The smallest absolute Gasteiger partial charge is 0.337 e. The van der Waals surface area contributed by atoms with E-state index in [1.165, 1.54) is 25.3 Å². The zero-order valence-corrected chi connectivity index (χ0v) is 17.6. The maximum Gasteiger partial charge on any atom is 0.337 e. The van der Waals surface area contributed by atoms with Crippen molar-refractivity contribution in [2.75, 3.05) is 12.4 Å². The quantitative estimate of drug-likeness (QED) is 0.529. The Morgan fingerprint density at radius 3 is 2.19 bits per heavy atom. The van der Waals surface area contributed by atoms with E-state index < -0.39 is 12.0 Å². The molecule has 0 saturated carbocycles. The highest BCUT2D eigenvalue weighted by molar-refractivity contribution is 6.33. The molecule has 6 nitrogen and oxygen atoms in total. The van der Waals surface area contributed by atoms with Gasteiger partial charge in [0.05, 0.1) is 35.8 Å². The monoisotopic (exact) mass is 436 g/mol. The summed E-state index contributed by atoms with van der Waals surface area (Å²) >= 11 is 6.17.